The van der Waals surface area contributed by atoms with Crippen molar-refractivity contribution in [2.75, 3.05) is 44.8 Å². The minimum absolute atomic E-state index is 0.0540. The fraction of sp³-hybridized carbons (Fsp3) is 0.333. The zero-order valence-corrected chi connectivity index (χ0v) is 22.4. The van der Waals surface area contributed by atoms with E-state index in [-0.39, 0.29) is 11.6 Å². The van der Waals surface area contributed by atoms with Crippen molar-refractivity contribution in [1.82, 2.24) is 24.8 Å². The molecule has 1 atom stereocenters. The number of anilines is 1. The molecule has 0 spiro atoms. The summed E-state index contributed by atoms with van der Waals surface area (Å²) in [6, 6.07) is 5.50. The molecular formula is C27H29ClFN7O3. The lowest BCUT2D eigenvalue weighted by Crippen LogP contribution is -2.38. The molecule has 1 unspecified atom stereocenters. The van der Waals surface area contributed by atoms with Crippen LogP contribution in [0.5, 0.6) is 5.75 Å². The van der Waals surface area contributed by atoms with Crippen molar-refractivity contribution >= 4 is 34.5 Å². The van der Waals surface area contributed by atoms with E-state index >= 15 is 0 Å². The van der Waals surface area contributed by atoms with Crippen molar-refractivity contribution < 1.29 is 18.7 Å². The number of ether oxygens (including phenoxy) is 2. The Kier molecular flexibility index (Phi) is 7.92. The van der Waals surface area contributed by atoms with Gasteiger partial charge in [0.05, 0.1) is 25.6 Å². The van der Waals surface area contributed by atoms with Crippen LogP contribution in [0.4, 0.5) is 10.2 Å². The molecule has 0 saturated carbocycles. The molecule has 0 bridgehead atoms. The maximum atomic E-state index is 14.7. The van der Waals surface area contributed by atoms with Crippen molar-refractivity contribution in [3.05, 3.63) is 64.5 Å². The molecule has 1 aliphatic rings. The zero-order valence-electron chi connectivity index (χ0n) is 21.6. The van der Waals surface area contributed by atoms with Crippen LogP contribution < -0.4 is 15.8 Å². The van der Waals surface area contributed by atoms with Crippen molar-refractivity contribution in [3.8, 4) is 16.9 Å². The number of fused-ring (bicyclic) bond motifs is 1. The van der Waals surface area contributed by atoms with Gasteiger partial charge in [-0.05, 0) is 49.2 Å². The molecule has 0 aliphatic carbocycles. The van der Waals surface area contributed by atoms with Crippen LogP contribution in [-0.4, -0.2) is 70.2 Å². The Bertz CT molecular complexity index is 1510. The third-order valence-electron chi connectivity index (χ3n) is 6.77. The molecule has 2 aromatic carbocycles. The van der Waals surface area contributed by atoms with Gasteiger partial charge in [-0.2, -0.15) is 0 Å². The van der Waals surface area contributed by atoms with Gasteiger partial charge < -0.3 is 25.5 Å². The minimum atomic E-state index is -0.729. The summed E-state index contributed by atoms with van der Waals surface area (Å²) in [5.41, 5.74) is 9.18. The van der Waals surface area contributed by atoms with E-state index in [1.807, 2.05) is 19.9 Å². The summed E-state index contributed by atoms with van der Waals surface area (Å²) >= 11 is 6.73. The highest BCUT2D eigenvalue weighted by Crippen LogP contribution is 2.43. The number of primary amides is 1. The summed E-state index contributed by atoms with van der Waals surface area (Å²) in [5.74, 6) is -0.256. The summed E-state index contributed by atoms with van der Waals surface area (Å²) in [6.45, 7) is 7.83. The van der Waals surface area contributed by atoms with Crippen molar-refractivity contribution in [2.45, 2.75) is 19.9 Å². The first-order valence-electron chi connectivity index (χ1n) is 12.6. The van der Waals surface area contributed by atoms with E-state index in [0.717, 1.165) is 24.7 Å². The monoisotopic (exact) mass is 553 g/mol. The number of aromatic nitrogens is 4. The Hall–Kier alpha value is -3.80. The lowest BCUT2D eigenvalue weighted by molar-refractivity contribution is 0.0322. The summed E-state index contributed by atoms with van der Waals surface area (Å²) in [7, 11) is 0. The fourth-order valence-electron chi connectivity index (χ4n) is 4.70. The van der Waals surface area contributed by atoms with E-state index in [1.165, 1.54) is 12.4 Å². The normalized spacial score (nSPS) is 14.9. The minimum Gasteiger partial charge on any atom is -0.491 e. The first-order chi connectivity index (χ1) is 18.8. The van der Waals surface area contributed by atoms with Gasteiger partial charge in [-0.15, -0.1) is 0 Å². The molecule has 1 amide bonds. The standard InChI is InChI=1S/C27H29ClFN7O3/c1-15-21(28)12-20(16(2)35-27-23-26(32-13-31-23)33-14-34-27)24(39-8-5-36-3-6-38-7-4-36)22(15)17-9-18(25(30)37)11-19(29)10-17/h9-14,16H,3-8H2,1-2H3,(H2,30,37)(H2,31,32,33,34,35). The Morgan fingerprint density at radius 1 is 1.26 bits per heavy atom. The Morgan fingerprint density at radius 2 is 2.05 bits per heavy atom. The van der Waals surface area contributed by atoms with E-state index in [4.69, 9.17) is 26.8 Å². The molecule has 39 heavy (non-hydrogen) atoms. The quantitative estimate of drug-likeness (QED) is 0.282. The number of nitrogens with two attached hydrogens (primary N) is 1. The molecular weight excluding hydrogens is 525 g/mol. The van der Waals surface area contributed by atoms with E-state index in [1.54, 1.807) is 12.4 Å². The van der Waals surface area contributed by atoms with Crippen LogP contribution in [0.2, 0.25) is 5.02 Å². The molecule has 5 rings (SSSR count). The van der Waals surface area contributed by atoms with Crippen LogP contribution in [0.15, 0.2) is 36.9 Å². The number of amides is 1. The van der Waals surface area contributed by atoms with Crippen molar-refractivity contribution in [3.63, 3.8) is 0 Å². The third kappa shape index (κ3) is 5.80. The number of imidazole rings is 1. The van der Waals surface area contributed by atoms with Crippen LogP contribution >= 0.6 is 11.6 Å². The van der Waals surface area contributed by atoms with Crippen molar-refractivity contribution in [1.29, 1.82) is 0 Å². The van der Waals surface area contributed by atoms with Crippen LogP contribution in [-0.2, 0) is 4.74 Å². The number of halogens is 2. The molecule has 1 aliphatic heterocycles. The average Bonchev–Trinajstić information content (AvgIpc) is 3.41. The van der Waals surface area contributed by atoms with Gasteiger partial charge >= 0.3 is 0 Å². The molecule has 1 saturated heterocycles. The Labute approximate surface area is 229 Å². The van der Waals surface area contributed by atoms with E-state index in [0.29, 0.717) is 70.8 Å². The molecule has 204 valence electrons. The lowest BCUT2D eigenvalue weighted by Gasteiger charge is -2.28. The van der Waals surface area contributed by atoms with Crippen LogP contribution in [0.25, 0.3) is 22.3 Å². The predicted molar refractivity (Wildman–Crippen MR) is 147 cm³/mol. The number of carbonyl (C=O) groups excluding carboxylic acids is 1. The molecule has 0 radical (unpaired) electrons. The maximum absolute atomic E-state index is 14.7. The SMILES string of the molecule is Cc1c(Cl)cc(C(C)Nc2ncnc3[nH]cnc23)c(OCCN2CCOCC2)c1-c1cc(F)cc(C(N)=O)c1. The number of benzene rings is 2. The van der Waals surface area contributed by atoms with Gasteiger partial charge in [0.2, 0.25) is 5.91 Å². The zero-order chi connectivity index (χ0) is 27.5. The van der Waals surface area contributed by atoms with Gasteiger partial charge in [0.1, 0.15) is 30.0 Å². The molecule has 10 nitrogen and oxygen atoms in total. The molecule has 4 N–H and O–H groups in total. The number of hydrogen-bond acceptors (Lipinski definition) is 8. The first kappa shape index (κ1) is 26.8. The highest BCUT2D eigenvalue weighted by atomic mass is 35.5. The molecule has 1 fully saturated rings. The van der Waals surface area contributed by atoms with E-state index in [2.05, 4.69) is 30.2 Å². The second kappa shape index (κ2) is 11.5. The van der Waals surface area contributed by atoms with Gasteiger partial charge in [-0.3, -0.25) is 9.69 Å². The number of hydrogen-bond donors (Lipinski definition) is 3. The number of nitrogens with one attached hydrogen (secondary N) is 2. The second-order valence-corrected chi connectivity index (χ2v) is 9.77. The Morgan fingerprint density at radius 3 is 2.82 bits per heavy atom. The van der Waals surface area contributed by atoms with E-state index in [9.17, 15) is 9.18 Å². The van der Waals surface area contributed by atoms with Gasteiger partial charge in [0.15, 0.2) is 11.5 Å². The molecule has 3 heterocycles. The number of morpholine rings is 1. The first-order valence-corrected chi connectivity index (χ1v) is 13.0. The number of H-pyrrole nitrogens is 1. The average molecular weight is 554 g/mol. The van der Waals surface area contributed by atoms with Gasteiger partial charge in [-0.1, -0.05) is 11.6 Å². The predicted octanol–water partition coefficient (Wildman–Crippen LogP) is 4.10. The highest BCUT2D eigenvalue weighted by Gasteiger charge is 2.24. The Balaban J connectivity index is 1.57. The van der Waals surface area contributed by atoms with Gasteiger partial charge in [-0.25, -0.2) is 19.3 Å². The summed E-state index contributed by atoms with van der Waals surface area (Å²) in [4.78, 5) is 30.0. The third-order valence-corrected chi connectivity index (χ3v) is 7.16. The van der Waals surface area contributed by atoms with Crippen molar-refractivity contribution in [2.24, 2.45) is 5.73 Å². The summed E-state index contributed by atoms with van der Waals surface area (Å²) in [5, 5.41) is 3.85. The van der Waals surface area contributed by atoms with Gasteiger partial charge in [0, 0.05) is 41.3 Å². The van der Waals surface area contributed by atoms with Gasteiger partial charge in [0.25, 0.3) is 0 Å². The molecule has 2 aromatic heterocycles. The number of aromatic amines is 1. The molecule has 12 heteroatoms. The van der Waals surface area contributed by atoms with E-state index < -0.39 is 11.7 Å². The summed E-state index contributed by atoms with van der Waals surface area (Å²) in [6.07, 6.45) is 3.00. The number of rotatable bonds is 9. The highest BCUT2D eigenvalue weighted by molar-refractivity contribution is 6.32. The smallest absolute Gasteiger partial charge is 0.248 e. The number of nitrogens with zero attached hydrogens (tertiary/aromatic N) is 4. The topological polar surface area (TPSA) is 131 Å². The van der Waals surface area contributed by atoms with Crippen LogP contribution in [0.1, 0.15) is 34.5 Å². The molecule has 4 aromatic rings. The van der Waals surface area contributed by atoms with Crippen LogP contribution in [0, 0.1) is 12.7 Å². The lowest BCUT2D eigenvalue weighted by atomic mass is 9.92. The summed E-state index contributed by atoms with van der Waals surface area (Å²) < 4.78 is 26.6. The van der Waals surface area contributed by atoms with Crippen LogP contribution in [0.3, 0.4) is 0 Å². The maximum Gasteiger partial charge on any atom is 0.248 e. The number of carbonyl (C=O) groups is 1. The largest absolute Gasteiger partial charge is 0.491 e. The fourth-order valence-corrected chi connectivity index (χ4v) is 4.91. The second-order valence-electron chi connectivity index (χ2n) is 9.36.